The number of pyridine rings is 1. The van der Waals surface area contributed by atoms with Gasteiger partial charge in [-0.2, -0.15) is 4.31 Å². The Labute approximate surface area is 137 Å². The van der Waals surface area contributed by atoms with Gasteiger partial charge in [0.15, 0.2) is 0 Å². The van der Waals surface area contributed by atoms with Crippen molar-refractivity contribution in [3.05, 3.63) is 23.5 Å². The molecule has 0 bridgehead atoms. The second-order valence-corrected chi connectivity index (χ2v) is 8.60. The fraction of sp³-hybridized carbons (Fsp3) is 0.667. The first-order valence-corrected chi connectivity index (χ1v) is 9.59. The minimum atomic E-state index is -3.58. The van der Waals surface area contributed by atoms with E-state index in [1.54, 1.807) is 10.4 Å². The van der Waals surface area contributed by atoms with Gasteiger partial charge in [-0.15, -0.1) is 0 Å². The van der Waals surface area contributed by atoms with E-state index in [0.717, 1.165) is 19.4 Å². The molecule has 0 N–H and O–H groups in total. The van der Waals surface area contributed by atoms with Crippen LogP contribution in [-0.2, 0) is 10.0 Å². The molecular weight excluding hydrogens is 322 g/mol. The van der Waals surface area contributed by atoms with Crippen molar-refractivity contribution in [1.82, 2.24) is 14.2 Å². The Morgan fingerprint density at radius 1 is 1.23 bits per heavy atom. The highest BCUT2D eigenvalue weighted by molar-refractivity contribution is 7.89. The van der Waals surface area contributed by atoms with Gasteiger partial charge in [0.25, 0.3) is 0 Å². The molecule has 22 heavy (non-hydrogen) atoms. The van der Waals surface area contributed by atoms with Crippen LogP contribution < -0.4 is 0 Å². The van der Waals surface area contributed by atoms with Gasteiger partial charge in [-0.25, -0.2) is 13.4 Å². The molecule has 1 aromatic rings. The number of hydrogen-bond donors (Lipinski definition) is 0. The van der Waals surface area contributed by atoms with Crippen molar-refractivity contribution in [2.45, 2.75) is 42.5 Å². The van der Waals surface area contributed by atoms with Crippen molar-refractivity contribution in [3.8, 4) is 0 Å². The van der Waals surface area contributed by atoms with Crippen LogP contribution in [0, 0.1) is 0 Å². The van der Waals surface area contributed by atoms with Crippen molar-refractivity contribution in [3.63, 3.8) is 0 Å². The van der Waals surface area contributed by atoms with Crippen LogP contribution in [-0.4, -0.2) is 54.8 Å². The molecule has 1 aliphatic heterocycles. The van der Waals surface area contributed by atoms with Crippen LogP contribution in [0.5, 0.6) is 0 Å². The summed E-state index contributed by atoms with van der Waals surface area (Å²) in [5, 5.41) is 0.0547. The van der Waals surface area contributed by atoms with Gasteiger partial charge in [-0.3, -0.25) is 4.90 Å². The van der Waals surface area contributed by atoms with E-state index in [2.05, 4.69) is 16.9 Å². The Balaban J connectivity index is 1.90. The lowest BCUT2D eigenvalue weighted by molar-refractivity contribution is 0.0199. The van der Waals surface area contributed by atoms with E-state index < -0.39 is 10.0 Å². The molecule has 0 amide bonds. The zero-order valence-corrected chi connectivity index (χ0v) is 14.4. The van der Waals surface area contributed by atoms with Gasteiger partial charge in [0.1, 0.15) is 10.0 Å². The highest BCUT2D eigenvalue weighted by Crippen LogP contribution is 2.37. The van der Waals surface area contributed by atoms with Crippen LogP contribution in [0.2, 0.25) is 5.15 Å². The van der Waals surface area contributed by atoms with E-state index in [-0.39, 0.29) is 15.6 Å². The summed E-state index contributed by atoms with van der Waals surface area (Å²) in [4.78, 5) is 6.38. The molecule has 1 spiro atoms. The Bertz CT molecular complexity index is 644. The second-order valence-electron chi connectivity index (χ2n) is 6.34. The van der Waals surface area contributed by atoms with Crippen molar-refractivity contribution in [2.24, 2.45) is 0 Å². The molecule has 2 aliphatic rings. The minimum Gasteiger partial charge on any atom is -0.298 e. The van der Waals surface area contributed by atoms with Gasteiger partial charge in [-0.1, -0.05) is 30.9 Å². The first-order chi connectivity index (χ1) is 10.5. The molecule has 1 saturated carbocycles. The van der Waals surface area contributed by atoms with E-state index in [9.17, 15) is 8.42 Å². The third-order valence-electron chi connectivity index (χ3n) is 5.09. The van der Waals surface area contributed by atoms with Crippen LogP contribution in [0.25, 0.3) is 0 Å². The number of aromatic nitrogens is 1. The largest absolute Gasteiger partial charge is 0.298 e. The Morgan fingerprint density at radius 2 is 1.95 bits per heavy atom. The van der Waals surface area contributed by atoms with Crippen LogP contribution in [0.4, 0.5) is 0 Å². The molecule has 0 atom stereocenters. The quantitative estimate of drug-likeness (QED) is 0.774. The van der Waals surface area contributed by atoms with Crippen molar-refractivity contribution in [1.29, 1.82) is 0 Å². The molecule has 1 aliphatic carbocycles. The maximum atomic E-state index is 12.9. The summed E-state index contributed by atoms with van der Waals surface area (Å²) in [6.07, 6.45) is 7.23. The Morgan fingerprint density at radius 3 is 2.64 bits per heavy atom. The average molecular weight is 344 g/mol. The summed E-state index contributed by atoms with van der Waals surface area (Å²) in [5.74, 6) is 0. The van der Waals surface area contributed by atoms with E-state index >= 15 is 0 Å². The predicted molar refractivity (Wildman–Crippen MR) is 86.5 cm³/mol. The molecule has 3 rings (SSSR count). The van der Waals surface area contributed by atoms with Gasteiger partial charge in [0.05, 0.1) is 0 Å². The number of rotatable bonds is 2. The lowest BCUT2D eigenvalue weighted by Crippen LogP contribution is -2.62. The summed E-state index contributed by atoms with van der Waals surface area (Å²) < 4.78 is 27.4. The highest BCUT2D eigenvalue weighted by Gasteiger charge is 2.44. The van der Waals surface area contributed by atoms with Gasteiger partial charge in [0.2, 0.25) is 10.0 Å². The third kappa shape index (κ3) is 2.77. The molecular formula is C15H22ClN3O2S. The maximum Gasteiger partial charge on any atom is 0.246 e. The van der Waals surface area contributed by atoms with Crippen molar-refractivity contribution in [2.75, 3.05) is 26.7 Å². The molecule has 1 aromatic heterocycles. The third-order valence-corrected chi connectivity index (χ3v) is 7.38. The Hall–Kier alpha value is -0.690. The molecule has 7 heteroatoms. The van der Waals surface area contributed by atoms with Gasteiger partial charge in [-0.05, 0) is 32.0 Å². The zero-order valence-electron chi connectivity index (χ0n) is 12.8. The van der Waals surface area contributed by atoms with Crippen LogP contribution in [0.15, 0.2) is 23.2 Å². The zero-order chi connectivity index (χ0) is 15.8. The first kappa shape index (κ1) is 16.2. The molecule has 122 valence electrons. The van der Waals surface area contributed by atoms with E-state index in [1.165, 1.54) is 31.5 Å². The van der Waals surface area contributed by atoms with Gasteiger partial charge in [0, 0.05) is 31.4 Å². The summed E-state index contributed by atoms with van der Waals surface area (Å²) in [6.45, 7) is 1.82. The molecule has 2 heterocycles. The fourth-order valence-electron chi connectivity index (χ4n) is 3.68. The standard InChI is InChI=1S/C15H22ClN3O2S/c1-18-10-11-19(12-15(18)7-3-2-4-8-15)22(20,21)13-6-5-9-17-14(13)16/h5-6,9H,2-4,7-8,10-12H2,1H3. The minimum absolute atomic E-state index is 0.0156. The van der Waals surface area contributed by atoms with E-state index in [1.807, 2.05) is 0 Å². The summed E-state index contributed by atoms with van der Waals surface area (Å²) in [6, 6.07) is 3.15. The van der Waals surface area contributed by atoms with Crippen LogP contribution in [0.3, 0.4) is 0 Å². The predicted octanol–water partition coefficient (Wildman–Crippen LogP) is 2.37. The monoisotopic (exact) mass is 343 g/mol. The molecule has 5 nitrogen and oxygen atoms in total. The van der Waals surface area contributed by atoms with Gasteiger partial charge >= 0.3 is 0 Å². The van der Waals surface area contributed by atoms with E-state index in [0.29, 0.717) is 13.1 Å². The molecule has 1 saturated heterocycles. The summed E-state index contributed by atoms with van der Waals surface area (Å²) in [5.41, 5.74) is -0.0156. The average Bonchev–Trinajstić information content (AvgIpc) is 2.51. The number of hydrogen-bond acceptors (Lipinski definition) is 4. The SMILES string of the molecule is CN1CCN(S(=O)(=O)c2cccnc2Cl)CC12CCCCC2. The number of piperazine rings is 1. The van der Waals surface area contributed by atoms with Gasteiger partial charge < -0.3 is 0 Å². The lowest BCUT2D eigenvalue weighted by atomic mass is 9.79. The Kier molecular flexibility index (Phi) is 4.47. The molecule has 2 fully saturated rings. The summed E-state index contributed by atoms with van der Waals surface area (Å²) >= 11 is 6.01. The second kappa shape index (κ2) is 6.07. The molecule has 0 radical (unpaired) electrons. The van der Waals surface area contributed by atoms with Crippen LogP contribution >= 0.6 is 11.6 Å². The van der Waals surface area contributed by atoms with Crippen molar-refractivity contribution >= 4 is 21.6 Å². The number of halogens is 1. The first-order valence-electron chi connectivity index (χ1n) is 7.78. The molecule has 0 aromatic carbocycles. The normalized spacial score (nSPS) is 23.7. The molecule has 0 unspecified atom stereocenters. The fourth-order valence-corrected chi connectivity index (χ4v) is 5.62. The lowest BCUT2D eigenvalue weighted by Gasteiger charge is -2.51. The number of nitrogens with zero attached hydrogens (tertiary/aromatic N) is 3. The number of likely N-dealkylation sites (N-methyl/N-ethyl adjacent to an activating group) is 1. The maximum absolute atomic E-state index is 12.9. The number of sulfonamides is 1. The van der Waals surface area contributed by atoms with Crippen molar-refractivity contribution < 1.29 is 8.42 Å². The van der Waals surface area contributed by atoms with Crippen LogP contribution in [0.1, 0.15) is 32.1 Å². The summed E-state index contributed by atoms with van der Waals surface area (Å²) in [7, 11) is -1.46. The van der Waals surface area contributed by atoms with E-state index in [4.69, 9.17) is 11.6 Å². The topological polar surface area (TPSA) is 53.5 Å². The highest BCUT2D eigenvalue weighted by atomic mass is 35.5. The smallest absolute Gasteiger partial charge is 0.246 e.